The molecule has 82 valence electrons. The van der Waals surface area contributed by atoms with E-state index >= 15 is 0 Å². The van der Waals surface area contributed by atoms with Gasteiger partial charge in [-0.2, -0.15) is 0 Å². The molecule has 0 bridgehead atoms. The van der Waals surface area contributed by atoms with Crippen molar-refractivity contribution in [2.24, 2.45) is 5.92 Å². The molecule has 2 heteroatoms. The van der Waals surface area contributed by atoms with Gasteiger partial charge in [-0.05, 0) is 31.6 Å². The van der Waals surface area contributed by atoms with Gasteiger partial charge in [0.1, 0.15) is 0 Å². The number of aliphatic hydroxyl groups excluding tert-OH is 1. The molecule has 0 aromatic heterocycles. The third-order valence-corrected chi connectivity index (χ3v) is 3.95. The van der Waals surface area contributed by atoms with Crippen molar-refractivity contribution >= 4 is 0 Å². The van der Waals surface area contributed by atoms with Crippen molar-refractivity contribution < 1.29 is 5.11 Å². The van der Waals surface area contributed by atoms with Gasteiger partial charge < -0.3 is 5.11 Å². The SMILES string of the molecule is OCCN(CC1CCC1)C1CCCC1. The predicted molar refractivity (Wildman–Crippen MR) is 58.3 cm³/mol. The van der Waals surface area contributed by atoms with E-state index in [2.05, 4.69) is 4.90 Å². The van der Waals surface area contributed by atoms with Gasteiger partial charge >= 0.3 is 0 Å². The Bertz CT molecular complexity index is 162. The maximum absolute atomic E-state index is 9.06. The number of hydrogen-bond acceptors (Lipinski definition) is 2. The summed E-state index contributed by atoms with van der Waals surface area (Å²) in [6.07, 6.45) is 9.82. The highest BCUT2D eigenvalue weighted by atomic mass is 16.3. The van der Waals surface area contributed by atoms with E-state index in [0.717, 1.165) is 18.5 Å². The Kier molecular flexibility index (Phi) is 3.82. The Morgan fingerprint density at radius 3 is 2.21 bits per heavy atom. The van der Waals surface area contributed by atoms with Gasteiger partial charge in [0.2, 0.25) is 0 Å². The molecule has 0 unspecified atom stereocenters. The fourth-order valence-corrected chi connectivity index (χ4v) is 2.83. The van der Waals surface area contributed by atoms with Crippen molar-refractivity contribution in [3.8, 4) is 0 Å². The third-order valence-electron chi connectivity index (χ3n) is 3.95. The van der Waals surface area contributed by atoms with E-state index in [1.54, 1.807) is 0 Å². The monoisotopic (exact) mass is 197 g/mol. The number of nitrogens with zero attached hydrogens (tertiary/aromatic N) is 1. The highest BCUT2D eigenvalue weighted by Crippen LogP contribution is 2.30. The maximum atomic E-state index is 9.06. The maximum Gasteiger partial charge on any atom is 0.0558 e. The molecule has 0 spiro atoms. The molecular weight excluding hydrogens is 174 g/mol. The quantitative estimate of drug-likeness (QED) is 0.729. The summed E-state index contributed by atoms with van der Waals surface area (Å²) in [6, 6.07) is 0.794. The first-order chi connectivity index (χ1) is 6.90. The molecule has 2 rings (SSSR count). The molecule has 2 aliphatic rings. The molecule has 2 nitrogen and oxygen atoms in total. The van der Waals surface area contributed by atoms with Gasteiger partial charge in [-0.15, -0.1) is 0 Å². The summed E-state index contributed by atoms with van der Waals surface area (Å²) >= 11 is 0. The van der Waals surface area contributed by atoms with Crippen LogP contribution in [0.15, 0.2) is 0 Å². The third kappa shape index (κ3) is 2.48. The summed E-state index contributed by atoms with van der Waals surface area (Å²) in [4.78, 5) is 2.55. The lowest BCUT2D eigenvalue weighted by Gasteiger charge is -2.35. The lowest BCUT2D eigenvalue weighted by molar-refractivity contribution is 0.108. The molecule has 0 amide bonds. The molecule has 0 radical (unpaired) electrons. The molecule has 2 aliphatic carbocycles. The predicted octanol–water partition coefficient (Wildman–Crippen LogP) is 2.02. The molecule has 0 atom stereocenters. The summed E-state index contributed by atoms with van der Waals surface area (Å²) in [5, 5.41) is 9.06. The minimum Gasteiger partial charge on any atom is -0.395 e. The summed E-state index contributed by atoms with van der Waals surface area (Å²) in [6.45, 7) is 2.50. The zero-order valence-electron chi connectivity index (χ0n) is 9.12. The van der Waals surface area contributed by atoms with Gasteiger partial charge in [0, 0.05) is 19.1 Å². The minimum atomic E-state index is 0.337. The molecule has 0 aromatic carbocycles. The molecule has 0 heterocycles. The zero-order valence-corrected chi connectivity index (χ0v) is 9.12. The first-order valence-corrected chi connectivity index (χ1v) is 6.25. The van der Waals surface area contributed by atoms with Crippen molar-refractivity contribution in [3.05, 3.63) is 0 Å². The van der Waals surface area contributed by atoms with Crippen molar-refractivity contribution in [1.82, 2.24) is 4.90 Å². The van der Waals surface area contributed by atoms with E-state index in [1.165, 1.54) is 51.5 Å². The van der Waals surface area contributed by atoms with E-state index < -0.39 is 0 Å². The van der Waals surface area contributed by atoms with Crippen molar-refractivity contribution in [2.75, 3.05) is 19.7 Å². The van der Waals surface area contributed by atoms with Crippen molar-refractivity contribution in [2.45, 2.75) is 51.0 Å². The highest BCUT2D eigenvalue weighted by molar-refractivity contribution is 4.81. The highest BCUT2D eigenvalue weighted by Gasteiger charge is 2.26. The number of hydrogen-bond donors (Lipinski definition) is 1. The second-order valence-corrected chi connectivity index (χ2v) is 4.95. The van der Waals surface area contributed by atoms with Crippen LogP contribution in [0.5, 0.6) is 0 Å². The van der Waals surface area contributed by atoms with E-state index in [0.29, 0.717) is 6.61 Å². The van der Waals surface area contributed by atoms with Crippen molar-refractivity contribution in [3.63, 3.8) is 0 Å². The fourth-order valence-electron chi connectivity index (χ4n) is 2.83. The van der Waals surface area contributed by atoms with E-state index in [9.17, 15) is 0 Å². The Balaban J connectivity index is 1.78. The normalized spacial score (nSPS) is 24.4. The smallest absolute Gasteiger partial charge is 0.0558 e. The van der Waals surface area contributed by atoms with Crippen molar-refractivity contribution in [1.29, 1.82) is 0 Å². The van der Waals surface area contributed by atoms with Crippen LogP contribution >= 0.6 is 0 Å². The van der Waals surface area contributed by atoms with E-state index in [-0.39, 0.29) is 0 Å². The summed E-state index contributed by atoms with van der Waals surface area (Å²) in [5.41, 5.74) is 0. The van der Waals surface area contributed by atoms with Crippen LogP contribution in [-0.2, 0) is 0 Å². The topological polar surface area (TPSA) is 23.5 Å². The van der Waals surface area contributed by atoms with Gasteiger partial charge in [-0.3, -0.25) is 4.90 Å². The second kappa shape index (κ2) is 5.13. The molecular formula is C12H23NO. The first kappa shape index (κ1) is 10.4. The van der Waals surface area contributed by atoms with Gasteiger partial charge in [-0.25, -0.2) is 0 Å². The minimum absolute atomic E-state index is 0.337. The Labute approximate surface area is 87.3 Å². The molecule has 14 heavy (non-hydrogen) atoms. The van der Waals surface area contributed by atoms with Crippen LogP contribution in [0.25, 0.3) is 0 Å². The Morgan fingerprint density at radius 1 is 1.00 bits per heavy atom. The average Bonchev–Trinajstić information content (AvgIpc) is 2.61. The summed E-state index contributed by atoms with van der Waals surface area (Å²) < 4.78 is 0. The first-order valence-electron chi connectivity index (χ1n) is 6.25. The molecule has 0 aromatic rings. The van der Waals surface area contributed by atoms with Crippen LogP contribution in [0, 0.1) is 5.92 Å². The van der Waals surface area contributed by atoms with Crippen LogP contribution in [0.1, 0.15) is 44.9 Å². The average molecular weight is 197 g/mol. The lowest BCUT2D eigenvalue weighted by Crippen LogP contribution is -2.40. The number of aliphatic hydroxyl groups is 1. The van der Waals surface area contributed by atoms with E-state index in [4.69, 9.17) is 5.11 Å². The molecule has 1 N–H and O–H groups in total. The number of rotatable bonds is 5. The van der Waals surface area contributed by atoms with Crippen LogP contribution < -0.4 is 0 Å². The standard InChI is InChI=1S/C12H23NO/c14-9-8-13(10-11-4-3-5-11)12-6-1-2-7-12/h11-12,14H,1-10H2. The Morgan fingerprint density at radius 2 is 1.71 bits per heavy atom. The molecule has 2 fully saturated rings. The fraction of sp³-hybridized carbons (Fsp3) is 1.00. The molecule has 2 saturated carbocycles. The van der Waals surface area contributed by atoms with Gasteiger partial charge in [0.25, 0.3) is 0 Å². The largest absolute Gasteiger partial charge is 0.395 e. The van der Waals surface area contributed by atoms with Gasteiger partial charge in [0.05, 0.1) is 6.61 Å². The van der Waals surface area contributed by atoms with Crippen LogP contribution in [-0.4, -0.2) is 35.7 Å². The summed E-state index contributed by atoms with van der Waals surface area (Å²) in [7, 11) is 0. The van der Waals surface area contributed by atoms with E-state index in [1.807, 2.05) is 0 Å². The van der Waals surface area contributed by atoms with Gasteiger partial charge in [0.15, 0.2) is 0 Å². The van der Waals surface area contributed by atoms with Crippen LogP contribution in [0.4, 0.5) is 0 Å². The van der Waals surface area contributed by atoms with Gasteiger partial charge in [-0.1, -0.05) is 19.3 Å². The molecule has 0 saturated heterocycles. The van der Waals surface area contributed by atoms with Crippen LogP contribution in [0.3, 0.4) is 0 Å². The molecule has 0 aliphatic heterocycles. The second-order valence-electron chi connectivity index (χ2n) is 4.95. The Hall–Kier alpha value is -0.0800. The zero-order chi connectivity index (χ0) is 9.80. The van der Waals surface area contributed by atoms with Crippen LogP contribution in [0.2, 0.25) is 0 Å². The summed E-state index contributed by atoms with van der Waals surface area (Å²) in [5.74, 6) is 0.946. The lowest BCUT2D eigenvalue weighted by atomic mass is 9.85.